The number of aromatic nitrogens is 3. The zero-order chi connectivity index (χ0) is 15.3. The van der Waals surface area contributed by atoms with Gasteiger partial charge in [-0.15, -0.1) is 5.10 Å². The maximum Gasteiger partial charge on any atom is 0.343 e. The molecular formula is C12H22N4O3S. The van der Waals surface area contributed by atoms with E-state index in [4.69, 9.17) is 5.73 Å². The van der Waals surface area contributed by atoms with Gasteiger partial charge in [0.1, 0.15) is 5.54 Å². The van der Waals surface area contributed by atoms with Gasteiger partial charge in [0.15, 0.2) is 5.16 Å². The molecule has 0 aliphatic rings. The first-order valence-corrected chi connectivity index (χ1v) is 7.39. The fourth-order valence-electron chi connectivity index (χ4n) is 1.95. The Kier molecular flexibility index (Phi) is 5.82. The summed E-state index contributed by atoms with van der Waals surface area (Å²) in [4.78, 5) is 23.1. The molecular weight excluding hydrogens is 280 g/mol. The molecule has 2 atom stereocenters. The number of thioether (sulfide) groups is 1. The van der Waals surface area contributed by atoms with Crippen LogP contribution in [0.4, 0.5) is 0 Å². The van der Waals surface area contributed by atoms with E-state index in [1.807, 2.05) is 13.8 Å². The highest BCUT2D eigenvalue weighted by Crippen LogP contribution is 2.26. The largest absolute Gasteiger partial charge is 0.468 e. The van der Waals surface area contributed by atoms with Crippen molar-refractivity contribution in [2.75, 3.05) is 7.11 Å². The van der Waals surface area contributed by atoms with Gasteiger partial charge in [0, 0.05) is 11.8 Å². The van der Waals surface area contributed by atoms with Crippen molar-refractivity contribution >= 4 is 17.7 Å². The first-order valence-electron chi connectivity index (χ1n) is 6.51. The molecule has 1 aromatic heterocycles. The van der Waals surface area contributed by atoms with Gasteiger partial charge in [-0.25, -0.2) is 9.89 Å². The van der Waals surface area contributed by atoms with Crippen LogP contribution in [0.2, 0.25) is 0 Å². The van der Waals surface area contributed by atoms with Crippen LogP contribution in [0.3, 0.4) is 0 Å². The number of ether oxygens (including phenoxy) is 1. The summed E-state index contributed by atoms with van der Waals surface area (Å²) in [5, 5.41) is 7.08. The molecule has 0 aromatic carbocycles. The van der Waals surface area contributed by atoms with Gasteiger partial charge < -0.3 is 10.5 Å². The van der Waals surface area contributed by atoms with Crippen molar-refractivity contribution in [3.05, 3.63) is 10.5 Å². The number of carbonyl (C=O) groups is 1. The predicted molar refractivity (Wildman–Crippen MR) is 77.7 cm³/mol. The van der Waals surface area contributed by atoms with E-state index in [0.29, 0.717) is 18.1 Å². The Morgan fingerprint density at radius 1 is 1.65 bits per heavy atom. The number of hydrogen-bond acceptors (Lipinski definition) is 6. The molecule has 1 rings (SSSR count). The molecule has 1 heterocycles. The van der Waals surface area contributed by atoms with Crippen LogP contribution in [0.5, 0.6) is 0 Å². The zero-order valence-electron chi connectivity index (χ0n) is 12.3. The van der Waals surface area contributed by atoms with E-state index >= 15 is 0 Å². The lowest BCUT2D eigenvalue weighted by Crippen LogP contribution is -2.47. The van der Waals surface area contributed by atoms with Gasteiger partial charge in [-0.2, -0.15) is 0 Å². The van der Waals surface area contributed by atoms with Crippen LogP contribution in [-0.4, -0.2) is 38.6 Å². The highest BCUT2D eigenvalue weighted by atomic mass is 32.2. The minimum atomic E-state index is -1.05. The first kappa shape index (κ1) is 16.8. The van der Waals surface area contributed by atoms with Gasteiger partial charge in [-0.3, -0.25) is 9.36 Å². The van der Waals surface area contributed by atoms with Crippen molar-refractivity contribution in [2.45, 2.75) is 56.1 Å². The monoisotopic (exact) mass is 302 g/mol. The highest BCUT2D eigenvalue weighted by Gasteiger charge is 2.32. The number of esters is 1. The molecule has 20 heavy (non-hydrogen) atoms. The van der Waals surface area contributed by atoms with E-state index in [1.165, 1.54) is 18.9 Å². The summed E-state index contributed by atoms with van der Waals surface area (Å²) in [6, 6.07) is 0. The molecule has 0 aliphatic heterocycles. The fraction of sp³-hybridized carbons (Fsp3) is 0.750. The third-order valence-corrected chi connectivity index (χ3v) is 3.93. The second-order valence-corrected chi connectivity index (χ2v) is 6.41. The van der Waals surface area contributed by atoms with Crippen LogP contribution in [0, 0.1) is 0 Å². The van der Waals surface area contributed by atoms with Crippen LogP contribution in [0.25, 0.3) is 0 Å². The van der Waals surface area contributed by atoms with Crippen molar-refractivity contribution in [3.63, 3.8) is 0 Å². The molecule has 7 nitrogen and oxygen atoms in total. The number of nitrogens with one attached hydrogen (secondary N) is 1. The number of hydrogen-bond donors (Lipinski definition) is 2. The van der Waals surface area contributed by atoms with Crippen LogP contribution in [-0.2, 0) is 16.1 Å². The lowest BCUT2D eigenvalue weighted by atomic mass is 9.98. The van der Waals surface area contributed by atoms with Gasteiger partial charge in [0.05, 0.1) is 7.11 Å². The average Bonchev–Trinajstić information content (AvgIpc) is 2.70. The molecule has 0 aliphatic carbocycles. The lowest BCUT2D eigenvalue weighted by Gasteiger charge is -2.24. The number of nitrogens with zero attached hydrogens (tertiary/aromatic N) is 2. The van der Waals surface area contributed by atoms with E-state index in [1.54, 1.807) is 11.5 Å². The Morgan fingerprint density at radius 2 is 2.30 bits per heavy atom. The SMILES string of the molecule is CCCn1c(SC(C)CC(C)(N)C(=O)OC)n[nH]c1=O. The first-order chi connectivity index (χ1) is 9.31. The molecule has 3 N–H and O–H groups in total. The smallest absolute Gasteiger partial charge is 0.343 e. The fourth-order valence-corrected chi connectivity index (χ4v) is 3.14. The third kappa shape index (κ3) is 4.11. The Bertz CT molecular complexity index is 509. The van der Waals surface area contributed by atoms with Crippen molar-refractivity contribution in [1.29, 1.82) is 0 Å². The molecule has 0 amide bonds. The van der Waals surface area contributed by atoms with Gasteiger partial charge in [-0.1, -0.05) is 25.6 Å². The standard InChI is InChI=1S/C12H22N4O3S/c1-5-6-16-10(18)14-15-11(16)20-8(2)7-12(3,13)9(17)19-4/h8H,5-7,13H2,1-4H3,(H,14,18). The number of carbonyl (C=O) groups excluding carboxylic acids is 1. The third-order valence-electron chi connectivity index (χ3n) is 2.84. The molecule has 0 saturated heterocycles. The van der Waals surface area contributed by atoms with Crippen molar-refractivity contribution in [2.24, 2.45) is 5.73 Å². The van der Waals surface area contributed by atoms with Crippen LogP contribution >= 0.6 is 11.8 Å². The Labute approximate surface area is 122 Å². The summed E-state index contributed by atoms with van der Waals surface area (Å²) in [6.45, 7) is 6.18. The van der Waals surface area contributed by atoms with Gasteiger partial charge in [0.25, 0.3) is 0 Å². The number of methoxy groups -OCH3 is 1. The Balaban J connectivity index is 2.74. The molecule has 1 aromatic rings. The van der Waals surface area contributed by atoms with Gasteiger partial charge >= 0.3 is 11.7 Å². The highest BCUT2D eigenvalue weighted by molar-refractivity contribution is 7.99. The molecule has 0 saturated carbocycles. The molecule has 0 spiro atoms. The summed E-state index contributed by atoms with van der Waals surface area (Å²) in [5.74, 6) is -0.446. The minimum Gasteiger partial charge on any atom is -0.468 e. The summed E-state index contributed by atoms with van der Waals surface area (Å²) < 4.78 is 6.27. The van der Waals surface area contributed by atoms with E-state index in [2.05, 4.69) is 14.9 Å². The molecule has 8 heteroatoms. The van der Waals surface area contributed by atoms with E-state index < -0.39 is 11.5 Å². The normalized spacial score (nSPS) is 15.7. The van der Waals surface area contributed by atoms with Crippen molar-refractivity contribution < 1.29 is 9.53 Å². The zero-order valence-corrected chi connectivity index (χ0v) is 13.1. The maximum atomic E-state index is 11.6. The maximum absolute atomic E-state index is 11.6. The summed E-state index contributed by atoms with van der Waals surface area (Å²) in [7, 11) is 1.32. The van der Waals surface area contributed by atoms with E-state index in [0.717, 1.165) is 6.42 Å². The lowest BCUT2D eigenvalue weighted by molar-refractivity contribution is -0.146. The quantitative estimate of drug-likeness (QED) is 0.569. The Hall–Kier alpha value is -1.28. The molecule has 114 valence electrons. The number of H-pyrrole nitrogens is 1. The molecule has 0 radical (unpaired) electrons. The number of aromatic amines is 1. The topological polar surface area (TPSA) is 103 Å². The van der Waals surface area contributed by atoms with Crippen molar-refractivity contribution in [3.8, 4) is 0 Å². The molecule has 0 bridgehead atoms. The van der Waals surface area contributed by atoms with Crippen LogP contribution in [0.1, 0.15) is 33.6 Å². The number of rotatable bonds is 7. The summed E-state index contributed by atoms with van der Waals surface area (Å²) in [6.07, 6.45) is 1.27. The summed E-state index contributed by atoms with van der Waals surface area (Å²) >= 11 is 1.42. The summed E-state index contributed by atoms with van der Waals surface area (Å²) in [5.41, 5.74) is 4.68. The molecule has 0 fully saturated rings. The predicted octanol–water partition coefficient (Wildman–Crippen LogP) is 0.742. The van der Waals surface area contributed by atoms with Crippen LogP contribution < -0.4 is 11.4 Å². The van der Waals surface area contributed by atoms with Crippen LogP contribution in [0.15, 0.2) is 9.95 Å². The van der Waals surface area contributed by atoms with E-state index in [-0.39, 0.29) is 10.9 Å². The van der Waals surface area contributed by atoms with E-state index in [9.17, 15) is 9.59 Å². The van der Waals surface area contributed by atoms with Gasteiger partial charge in [-0.05, 0) is 19.8 Å². The number of nitrogens with two attached hydrogens (primary N) is 1. The van der Waals surface area contributed by atoms with Crippen molar-refractivity contribution in [1.82, 2.24) is 14.8 Å². The second-order valence-electron chi connectivity index (χ2n) is 5.00. The minimum absolute atomic E-state index is 0.0231. The van der Waals surface area contributed by atoms with Gasteiger partial charge in [0.2, 0.25) is 0 Å². The Morgan fingerprint density at radius 3 is 2.85 bits per heavy atom. The second kappa shape index (κ2) is 6.94. The average molecular weight is 302 g/mol. The molecule has 2 unspecified atom stereocenters.